The molecule has 0 amide bonds. The van der Waals surface area contributed by atoms with E-state index in [0.717, 1.165) is 0 Å². The molecule has 0 aromatic rings. The second kappa shape index (κ2) is 5.49. The standard InChI is InChI=1S/C7H11NO3/c1-3-5-8(6-4-2)11-7(9)10/h3-4H,1-2,5-6H2,(H,9,10). The van der Waals surface area contributed by atoms with Gasteiger partial charge in [0.15, 0.2) is 0 Å². The van der Waals surface area contributed by atoms with Gasteiger partial charge in [0.25, 0.3) is 0 Å². The van der Waals surface area contributed by atoms with E-state index in [4.69, 9.17) is 5.11 Å². The maximum absolute atomic E-state index is 10.0. The predicted molar refractivity (Wildman–Crippen MR) is 41.1 cm³/mol. The molecule has 0 aliphatic rings. The smallest absolute Gasteiger partial charge is 0.448 e. The molecule has 0 aromatic carbocycles. The van der Waals surface area contributed by atoms with Crippen LogP contribution in [0.1, 0.15) is 0 Å². The lowest BCUT2D eigenvalue weighted by molar-refractivity contribution is -0.103. The van der Waals surface area contributed by atoms with Crippen LogP contribution in [0.4, 0.5) is 4.79 Å². The fraction of sp³-hybridized carbons (Fsp3) is 0.286. The fourth-order valence-electron chi connectivity index (χ4n) is 0.547. The van der Waals surface area contributed by atoms with Crippen molar-refractivity contribution in [2.24, 2.45) is 0 Å². The highest BCUT2D eigenvalue weighted by Gasteiger charge is 2.05. The second-order valence-corrected chi connectivity index (χ2v) is 1.78. The minimum Gasteiger partial charge on any atom is -0.448 e. The molecule has 11 heavy (non-hydrogen) atoms. The summed E-state index contributed by atoms with van der Waals surface area (Å²) in [5.74, 6) is 0. The summed E-state index contributed by atoms with van der Waals surface area (Å²) in [6, 6.07) is 0. The van der Waals surface area contributed by atoms with Crippen molar-refractivity contribution in [1.82, 2.24) is 5.06 Å². The molecule has 0 bridgehead atoms. The molecule has 0 atom stereocenters. The number of hydroxylamine groups is 2. The van der Waals surface area contributed by atoms with Crippen molar-refractivity contribution >= 4 is 6.16 Å². The quantitative estimate of drug-likeness (QED) is 0.482. The van der Waals surface area contributed by atoms with Gasteiger partial charge in [-0.15, -0.1) is 18.2 Å². The van der Waals surface area contributed by atoms with Gasteiger partial charge in [-0.2, -0.15) is 0 Å². The number of nitrogens with zero attached hydrogens (tertiary/aromatic N) is 1. The third-order valence-corrected chi connectivity index (χ3v) is 0.873. The number of carboxylic acid groups (broad SMARTS) is 1. The van der Waals surface area contributed by atoms with Crippen LogP contribution in [0.3, 0.4) is 0 Å². The lowest BCUT2D eigenvalue weighted by Gasteiger charge is -2.14. The Bertz CT molecular complexity index is 146. The molecule has 4 heteroatoms. The van der Waals surface area contributed by atoms with Gasteiger partial charge in [0, 0.05) is 0 Å². The molecule has 62 valence electrons. The van der Waals surface area contributed by atoms with E-state index in [2.05, 4.69) is 18.0 Å². The predicted octanol–water partition coefficient (Wildman–Crippen LogP) is 1.27. The zero-order chi connectivity index (χ0) is 8.69. The Morgan fingerprint density at radius 1 is 1.45 bits per heavy atom. The van der Waals surface area contributed by atoms with E-state index in [1.165, 1.54) is 5.06 Å². The molecule has 0 saturated carbocycles. The van der Waals surface area contributed by atoms with E-state index in [1.54, 1.807) is 12.2 Å². The molecular formula is C7H11NO3. The number of hydrogen-bond donors (Lipinski definition) is 1. The molecule has 0 heterocycles. The molecule has 0 aliphatic heterocycles. The zero-order valence-electron chi connectivity index (χ0n) is 6.19. The highest BCUT2D eigenvalue weighted by molar-refractivity contribution is 5.56. The van der Waals surface area contributed by atoms with Gasteiger partial charge in [-0.25, -0.2) is 4.79 Å². The van der Waals surface area contributed by atoms with E-state index in [9.17, 15) is 4.79 Å². The van der Waals surface area contributed by atoms with Crippen LogP contribution in [-0.2, 0) is 4.84 Å². The maximum Gasteiger partial charge on any atom is 0.525 e. The van der Waals surface area contributed by atoms with Crippen LogP contribution in [0.2, 0.25) is 0 Å². The van der Waals surface area contributed by atoms with Crippen molar-refractivity contribution < 1.29 is 14.7 Å². The molecule has 0 radical (unpaired) electrons. The monoisotopic (exact) mass is 157 g/mol. The summed E-state index contributed by atoms with van der Waals surface area (Å²) >= 11 is 0. The summed E-state index contributed by atoms with van der Waals surface area (Å²) in [5, 5.41) is 9.43. The Kier molecular flexibility index (Phi) is 4.85. The molecule has 0 aromatic heterocycles. The average Bonchev–Trinajstić information content (AvgIpc) is 1.87. The lowest BCUT2D eigenvalue weighted by Crippen LogP contribution is -2.26. The lowest BCUT2D eigenvalue weighted by atomic mass is 10.5. The number of rotatable bonds is 5. The summed E-state index contributed by atoms with van der Waals surface area (Å²) < 4.78 is 0. The van der Waals surface area contributed by atoms with Crippen LogP contribution in [0, 0.1) is 0 Å². The highest BCUT2D eigenvalue weighted by atomic mass is 16.8. The normalized spacial score (nSPS) is 9.18. The molecule has 1 N–H and O–H groups in total. The molecule has 0 aliphatic carbocycles. The Morgan fingerprint density at radius 3 is 2.18 bits per heavy atom. The largest absolute Gasteiger partial charge is 0.525 e. The molecule has 0 fully saturated rings. The van der Waals surface area contributed by atoms with Crippen molar-refractivity contribution in [3.8, 4) is 0 Å². The van der Waals surface area contributed by atoms with Gasteiger partial charge in [0.1, 0.15) is 0 Å². The van der Waals surface area contributed by atoms with Crippen molar-refractivity contribution in [3.05, 3.63) is 25.3 Å². The third kappa shape index (κ3) is 5.17. The Hall–Kier alpha value is -1.29. The van der Waals surface area contributed by atoms with Crippen molar-refractivity contribution in [2.75, 3.05) is 13.1 Å². The number of hydrogen-bond acceptors (Lipinski definition) is 3. The molecule has 4 nitrogen and oxygen atoms in total. The average molecular weight is 157 g/mol. The first-order valence-electron chi connectivity index (χ1n) is 3.08. The summed E-state index contributed by atoms with van der Waals surface area (Å²) in [6.07, 6.45) is 1.77. The van der Waals surface area contributed by atoms with Crippen molar-refractivity contribution in [3.63, 3.8) is 0 Å². The Labute approximate surface area is 65.3 Å². The maximum atomic E-state index is 10.0. The van der Waals surface area contributed by atoms with Gasteiger partial charge < -0.3 is 9.94 Å². The van der Waals surface area contributed by atoms with E-state index < -0.39 is 6.16 Å². The third-order valence-electron chi connectivity index (χ3n) is 0.873. The van der Waals surface area contributed by atoms with E-state index in [1.807, 2.05) is 0 Å². The number of carbonyl (C=O) groups is 1. The van der Waals surface area contributed by atoms with Crippen LogP contribution >= 0.6 is 0 Å². The van der Waals surface area contributed by atoms with Crippen LogP contribution in [-0.4, -0.2) is 29.4 Å². The van der Waals surface area contributed by atoms with E-state index in [-0.39, 0.29) is 0 Å². The summed E-state index contributed by atoms with van der Waals surface area (Å²) in [5.41, 5.74) is 0. The summed E-state index contributed by atoms with van der Waals surface area (Å²) in [6.45, 7) is 7.60. The minimum absolute atomic E-state index is 0.359. The zero-order valence-corrected chi connectivity index (χ0v) is 6.19. The Balaban J connectivity index is 3.76. The SMILES string of the molecule is C=CCN(CC=C)OC(=O)O. The van der Waals surface area contributed by atoms with Crippen LogP contribution in [0.15, 0.2) is 25.3 Å². The summed E-state index contributed by atoms with van der Waals surface area (Å²) in [7, 11) is 0. The van der Waals surface area contributed by atoms with Crippen LogP contribution in [0.5, 0.6) is 0 Å². The van der Waals surface area contributed by atoms with Gasteiger partial charge in [-0.3, -0.25) is 0 Å². The molecule has 0 saturated heterocycles. The minimum atomic E-state index is -1.33. The topological polar surface area (TPSA) is 49.8 Å². The van der Waals surface area contributed by atoms with Crippen LogP contribution in [0.25, 0.3) is 0 Å². The highest BCUT2D eigenvalue weighted by Crippen LogP contribution is 1.91. The fourth-order valence-corrected chi connectivity index (χ4v) is 0.547. The first-order chi connectivity index (χ1) is 5.20. The summed E-state index contributed by atoms with van der Waals surface area (Å²) in [4.78, 5) is 14.4. The van der Waals surface area contributed by atoms with Gasteiger partial charge in [0.05, 0.1) is 13.1 Å². The van der Waals surface area contributed by atoms with Gasteiger partial charge >= 0.3 is 6.16 Å². The van der Waals surface area contributed by atoms with Crippen LogP contribution < -0.4 is 0 Å². The van der Waals surface area contributed by atoms with Crippen molar-refractivity contribution in [1.29, 1.82) is 0 Å². The second-order valence-electron chi connectivity index (χ2n) is 1.78. The van der Waals surface area contributed by atoms with E-state index in [0.29, 0.717) is 13.1 Å². The van der Waals surface area contributed by atoms with E-state index >= 15 is 0 Å². The molecule has 0 unspecified atom stereocenters. The molecule has 0 rings (SSSR count). The molecular weight excluding hydrogens is 146 g/mol. The molecule has 0 spiro atoms. The van der Waals surface area contributed by atoms with Gasteiger partial charge in [-0.1, -0.05) is 12.2 Å². The Morgan fingerprint density at radius 2 is 1.91 bits per heavy atom. The van der Waals surface area contributed by atoms with Gasteiger partial charge in [0.2, 0.25) is 0 Å². The van der Waals surface area contributed by atoms with Crippen molar-refractivity contribution in [2.45, 2.75) is 0 Å². The first kappa shape index (κ1) is 9.71. The first-order valence-corrected chi connectivity index (χ1v) is 3.08. The van der Waals surface area contributed by atoms with Gasteiger partial charge in [-0.05, 0) is 0 Å².